The molecule has 1 amide bonds. The highest BCUT2D eigenvalue weighted by atomic mass is 19.1. The first-order valence-corrected chi connectivity index (χ1v) is 6.91. The van der Waals surface area contributed by atoms with Gasteiger partial charge in [-0.3, -0.25) is 4.79 Å². The minimum Gasteiger partial charge on any atom is -0.497 e. The molecule has 0 aliphatic heterocycles. The molecule has 0 heterocycles. The lowest BCUT2D eigenvalue weighted by atomic mass is 10.2. The molecule has 2 rings (SSSR count). The minimum atomic E-state index is -0.610. The van der Waals surface area contributed by atoms with E-state index in [9.17, 15) is 14.0 Å². The van der Waals surface area contributed by atoms with Crippen LogP contribution in [0.3, 0.4) is 0 Å². The molecule has 0 aromatic heterocycles. The summed E-state index contributed by atoms with van der Waals surface area (Å²) in [6.45, 7) is -0.160. The molecule has 2 aromatic carbocycles. The van der Waals surface area contributed by atoms with Crippen molar-refractivity contribution >= 4 is 11.9 Å². The molecule has 0 aliphatic rings. The fraction of sp³-hybridized carbons (Fsp3) is 0.176. The number of carbonyl (C=O) groups is 2. The van der Waals surface area contributed by atoms with E-state index in [2.05, 4.69) is 5.32 Å². The van der Waals surface area contributed by atoms with Crippen molar-refractivity contribution in [1.29, 1.82) is 0 Å². The van der Waals surface area contributed by atoms with Gasteiger partial charge in [-0.25, -0.2) is 9.18 Å². The summed E-state index contributed by atoms with van der Waals surface area (Å²) in [5.74, 6) is -0.862. The normalized spacial score (nSPS) is 10.0. The first-order chi connectivity index (χ1) is 11.1. The van der Waals surface area contributed by atoms with Gasteiger partial charge in [0.1, 0.15) is 11.6 Å². The van der Waals surface area contributed by atoms with Gasteiger partial charge in [0.2, 0.25) is 0 Å². The van der Waals surface area contributed by atoms with Gasteiger partial charge in [-0.15, -0.1) is 0 Å². The van der Waals surface area contributed by atoms with Gasteiger partial charge in [-0.05, 0) is 35.9 Å². The molecular formula is C17H16FNO4. The number of ether oxygens (including phenoxy) is 2. The van der Waals surface area contributed by atoms with Crippen LogP contribution in [0.1, 0.15) is 15.9 Å². The Balaban J connectivity index is 1.79. The number of nitrogens with one attached hydrogen (secondary N) is 1. The van der Waals surface area contributed by atoms with E-state index in [0.717, 1.165) is 5.56 Å². The molecule has 5 nitrogen and oxygen atoms in total. The first-order valence-electron chi connectivity index (χ1n) is 6.91. The second-order valence-corrected chi connectivity index (χ2v) is 4.71. The molecule has 0 unspecified atom stereocenters. The number of hydrogen-bond acceptors (Lipinski definition) is 4. The number of benzene rings is 2. The number of methoxy groups -OCH3 is 1. The molecule has 0 saturated carbocycles. The van der Waals surface area contributed by atoms with Crippen LogP contribution in [-0.2, 0) is 16.1 Å². The molecule has 0 spiro atoms. The molecule has 0 saturated heterocycles. The van der Waals surface area contributed by atoms with E-state index in [1.165, 1.54) is 25.3 Å². The van der Waals surface area contributed by atoms with E-state index in [4.69, 9.17) is 9.47 Å². The Kier molecular flexibility index (Phi) is 5.68. The van der Waals surface area contributed by atoms with E-state index in [0.29, 0.717) is 11.3 Å². The monoisotopic (exact) mass is 317 g/mol. The van der Waals surface area contributed by atoms with Gasteiger partial charge in [-0.2, -0.15) is 0 Å². The summed E-state index contributed by atoms with van der Waals surface area (Å²) in [7, 11) is 1.49. The molecule has 6 heteroatoms. The average Bonchev–Trinajstić information content (AvgIpc) is 2.59. The molecule has 2 aromatic rings. The van der Waals surface area contributed by atoms with Crippen molar-refractivity contribution in [3.05, 3.63) is 65.5 Å². The predicted octanol–water partition coefficient (Wildman–Crippen LogP) is 2.31. The van der Waals surface area contributed by atoms with Crippen molar-refractivity contribution in [3.63, 3.8) is 0 Å². The largest absolute Gasteiger partial charge is 0.497 e. The maximum atomic E-state index is 12.8. The lowest BCUT2D eigenvalue weighted by molar-refractivity contribution is -0.124. The van der Waals surface area contributed by atoms with Crippen LogP contribution in [0, 0.1) is 5.82 Å². The van der Waals surface area contributed by atoms with Gasteiger partial charge in [0.25, 0.3) is 5.91 Å². The van der Waals surface area contributed by atoms with Crippen LogP contribution in [0.4, 0.5) is 4.39 Å². The Morgan fingerprint density at radius 2 is 1.87 bits per heavy atom. The molecule has 0 bridgehead atoms. The highest BCUT2D eigenvalue weighted by molar-refractivity contribution is 5.91. The van der Waals surface area contributed by atoms with Crippen LogP contribution in [0.15, 0.2) is 48.5 Å². The molecule has 0 fully saturated rings. The summed E-state index contributed by atoms with van der Waals surface area (Å²) in [5, 5.41) is 2.58. The van der Waals surface area contributed by atoms with E-state index < -0.39 is 18.5 Å². The summed E-state index contributed by atoms with van der Waals surface area (Å²) < 4.78 is 22.7. The Labute approximate surface area is 133 Å². The van der Waals surface area contributed by atoms with E-state index in [-0.39, 0.29) is 12.4 Å². The highest BCUT2D eigenvalue weighted by Gasteiger charge is 2.10. The summed E-state index contributed by atoms with van der Waals surface area (Å²) in [6.07, 6.45) is 0. The Morgan fingerprint density at radius 1 is 1.13 bits per heavy atom. The molecule has 1 N–H and O–H groups in total. The lowest BCUT2D eigenvalue weighted by Crippen LogP contribution is -2.28. The molecule has 0 atom stereocenters. The van der Waals surface area contributed by atoms with E-state index >= 15 is 0 Å². The minimum absolute atomic E-state index is 0.232. The van der Waals surface area contributed by atoms with Crippen LogP contribution < -0.4 is 10.1 Å². The molecule has 23 heavy (non-hydrogen) atoms. The summed E-state index contributed by atoms with van der Waals surface area (Å²) in [6, 6.07) is 12.2. The summed E-state index contributed by atoms with van der Waals surface area (Å²) >= 11 is 0. The third kappa shape index (κ3) is 5.10. The van der Waals surface area contributed by atoms with Crippen molar-refractivity contribution in [1.82, 2.24) is 5.32 Å². The highest BCUT2D eigenvalue weighted by Crippen LogP contribution is 2.13. The number of esters is 1. The van der Waals surface area contributed by atoms with Crippen molar-refractivity contribution in [3.8, 4) is 5.75 Å². The molecule has 0 radical (unpaired) electrons. The van der Waals surface area contributed by atoms with Gasteiger partial charge in [-0.1, -0.05) is 18.2 Å². The lowest BCUT2D eigenvalue weighted by Gasteiger charge is -2.07. The average molecular weight is 317 g/mol. The Bertz CT molecular complexity index is 685. The fourth-order valence-electron chi connectivity index (χ4n) is 1.82. The predicted molar refractivity (Wildman–Crippen MR) is 81.5 cm³/mol. The van der Waals surface area contributed by atoms with E-state index in [1.807, 2.05) is 0 Å². The van der Waals surface area contributed by atoms with Crippen molar-refractivity contribution in [2.24, 2.45) is 0 Å². The van der Waals surface area contributed by atoms with Crippen molar-refractivity contribution in [2.75, 3.05) is 13.7 Å². The SMILES string of the molecule is COc1cccc(C(=O)OCC(=O)NCc2ccc(F)cc2)c1. The Hall–Kier alpha value is -2.89. The first kappa shape index (κ1) is 16.5. The number of halogens is 1. The number of carbonyl (C=O) groups excluding carboxylic acids is 2. The number of amides is 1. The van der Waals surface area contributed by atoms with Crippen molar-refractivity contribution in [2.45, 2.75) is 6.54 Å². The molecule has 0 aliphatic carbocycles. The smallest absolute Gasteiger partial charge is 0.338 e. The topological polar surface area (TPSA) is 64.6 Å². The van der Waals surface area contributed by atoms with Gasteiger partial charge in [0.05, 0.1) is 12.7 Å². The zero-order valence-corrected chi connectivity index (χ0v) is 12.5. The zero-order valence-electron chi connectivity index (χ0n) is 12.5. The van der Waals surface area contributed by atoms with Gasteiger partial charge < -0.3 is 14.8 Å². The molecular weight excluding hydrogens is 301 g/mol. The number of hydrogen-bond donors (Lipinski definition) is 1. The second-order valence-electron chi connectivity index (χ2n) is 4.71. The van der Waals surface area contributed by atoms with Gasteiger partial charge in [0.15, 0.2) is 6.61 Å². The van der Waals surface area contributed by atoms with Crippen LogP contribution in [-0.4, -0.2) is 25.6 Å². The van der Waals surface area contributed by atoms with Crippen LogP contribution in [0.25, 0.3) is 0 Å². The third-order valence-electron chi connectivity index (χ3n) is 3.04. The number of rotatable bonds is 6. The van der Waals surface area contributed by atoms with Crippen molar-refractivity contribution < 1.29 is 23.5 Å². The van der Waals surface area contributed by atoms with Gasteiger partial charge in [0, 0.05) is 6.54 Å². The fourth-order valence-corrected chi connectivity index (χ4v) is 1.82. The maximum absolute atomic E-state index is 12.8. The summed E-state index contributed by atoms with van der Waals surface area (Å²) in [4.78, 5) is 23.5. The second kappa shape index (κ2) is 7.93. The van der Waals surface area contributed by atoms with Crippen LogP contribution >= 0.6 is 0 Å². The van der Waals surface area contributed by atoms with Crippen LogP contribution in [0.2, 0.25) is 0 Å². The van der Waals surface area contributed by atoms with Gasteiger partial charge >= 0.3 is 5.97 Å². The van der Waals surface area contributed by atoms with E-state index in [1.54, 1.807) is 30.3 Å². The summed E-state index contributed by atoms with van der Waals surface area (Å²) in [5.41, 5.74) is 1.05. The molecule has 120 valence electrons. The standard InChI is InChI=1S/C17H16FNO4/c1-22-15-4-2-3-13(9-15)17(21)23-11-16(20)19-10-12-5-7-14(18)8-6-12/h2-9H,10-11H2,1H3,(H,19,20). The van der Waals surface area contributed by atoms with Crippen LogP contribution in [0.5, 0.6) is 5.75 Å². The zero-order chi connectivity index (χ0) is 16.7. The Morgan fingerprint density at radius 3 is 2.57 bits per heavy atom. The quantitative estimate of drug-likeness (QED) is 0.830. The third-order valence-corrected chi connectivity index (χ3v) is 3.04. The maximum Gasteiger partial charge on any atom is 0.338 e.